The van der Waals surface area contributed by atoms with Gasteiger partial charge in [-0.25, -0.2) is 0 Å². The molecule has 6 rings (SSSR count). The highest BCUT2D eigenvalue weighted by Crippen LogP contribution is 2.39. The summed E-state index contributed by atoms with van der Waals surface area (Å²) in [4.78, 5) is 8.05. The van der Waals surface area contributed by atoms with Crippen molar-refractivity contribution in [2.24, 2.45) is 0 Å². The third-order valence-corrected chi connectivity index (χ3v) is 6.76. The second-order valence-corrected chi connectivity index (χ2v) is 8.87. The standard InChI is InChI=1S/C26H27N3O2/c1-16-6-9-21-24(29-16)10-11-25-26(21)31-19(15-30-25)13-27-18-8-7-17(12-18)22-14-28-23-5-3-2-4-20(22)23/h2-6,9-11,14,17-19,27-28H,7-8,12-13,15H2,1H3/t17-,18-,19+/m1/s1. The largest absolute Gasteiger partial charge is 0.486 e. The van der Waals surface area contributed by atoms with Gasteiger partial charge in [-0.1, -0.05) is 18.2 Å². The minimum atomic E-state index is 0.00606. The third kappa shape index (κ3) is 3.43. The normalized spacial score (nSPS) is 22.9. The number of rotatable bonds is 4. The van der Waals surface area contributed by atoms with E-state index in [1.165, 1.54) is 29.3 Å². The van der Waals surface area contributed by atoms with E-state index < -0.39 is 0 Å². The second kappa shape index (κ2) is 7.57. The maximum absolute atomic E-state index is 6.37. The Hall–Kier alpha value is -3.05. The smallest absolute Gasteiger partial charge is 0.171 e. The van der Waals surface area contributed by atoms with Crippen LogP contribution in [0.2, 0.25) is 0 Å². The van der Waals surface area contributed by atoms with Gasteiger partial charge in [0, 0.05) is 40.8 Å². The van der Waals surface area contributed by atoms with Gasteiger partial charge in [0.05, 0.1) is 5.52 Å². The van der Waals surface area contributed by atoms with Crippen LogP contribution in [0.4, 0.5) is 0 Å². The van der Waals surface area contributed by atoms with E-state index in [-0.39, 0.29) is 6.10 Å². The number of aromatic amines is 1. The van der Waals surface area contributed by atoms with Crippen molar-refractivity contribution in [2.45, 2.75) is 44.2 Å². The molecule has 4 aromatic rings. The molecule has 1 fully saturated rings. The lowest BCUT2D eigenvalue weighted by atomic mass is 9.97. The molecular formula is C26H27N3O2. The van der Waals surface area contributed by atoms with Crippen molar-refractivity contribution < 1.29 is 9.47 Å². The first kappa shape index (κ1) is 18.7. The lowest BCUT2D eigenvalue weighted by Gasteiger charge is -2.28. The fourth-order valence-electron chi connectivity index (χ4n) is 5.16. The minimum absolute atomic E-state index is 0.00606. The Bertz CT molecular complexity index is 1250. The number of H-pyrrole nitrogens is 1. The lowest BCUT2D eigenvalue weighted by molar-refractivity contribution is 0.0902. The van der Waals surface area contributed by atoms with Gasteiger partial charge in [0.25, 0.3) is 0 Å². The van der Waals surface area contributed by atoms with E-state index in [0.29, 0.717) is 18.6 Å². The monoisotopic (exact) mass is 413 g/mol. The molecule has 0 spiro atoms. The topological polar surface area (TPSA) is 59.2 Å². The molecule has 1 saturated carbocycles. The highest BCUT2D eigenvalue weighted by Gasteiger charge is 2.29. The molecule has 1 aliphatic carbocycles. The van der Waals surface area contributed by atoms with Gasteiger partial charge in [-0.3, -0.25) is 4.98 Å². The maximum Gasteiger partial charge on any atom is 0.171 e. The lowest BCUT2D eigenvalue weighted by Crippen LogP contribution is -2.41. The van der Waals surface area contributed by atoms with Crippen LogP contribution in [0.1, 0.15) is 36.4 Å². The summed E-state index contributed by atoms with van der Waals surface area (Å²) in [6, 6.07) is 17.2. The number of para-hydroxylation sites is 1. The van der Waals surface area contributed by atoms with E-state index >= 15 is 0 Å². The quantitative estimate of drug-likeness (QED) is 0.489. The van der Waals surface area contributed by atoms with Crippen LogP contribution in [0.5, 0.6) is 11.5 Å². The van der Waals surface area contributed by atoms with Crippen LogP contribution in [0.15, 0.2) is 54.7 Å². The summed E-state index contributed by atoms with van der Waals surface area (Å²) in [5.74, 6) is 2.25. The molecule has 5 heteroatoms. The number of benzene rings is 2. The Labute approximate surface area is 181 Å². The van der Waals surface area contributed by atoms with E-state index in [1.54, 1.807) is 0 Å². The van der Waals surface area contributed by atoms with Crippen molar-refractivity contribution >= 4 is 21.8 Å². The van der Waals surface area contributed by atoms with Gasteiger partial charge >= 0.3 is 0 Å². The van der Waals surface area contributed by atoms with E-state index in [4.69, 9.17) is 9.47 Å². The van der Waals surface area contributed by atoms with E-state index in [9.17, 15) is 0 Å². The first-order valence-electron chi connectivity index (χ1n) is 11.2. The summed E-state index contributed by atoms with van der Waals surface area (Å²) >= 11 is 0. The molecule has 3 atom stereocenters. The Balaban J connectivity index is 1.11. The first-order chi connectivity index (χ1) is 15.2. The molecule has 2 aromatic carbocycles. The number of aryl methyl sites for hydroxylation is 1. The van der Waals surface area contributed by atoms with Crippen LogP contribution in [0, 0.1) is 6.92 Å². The zero-order valence-corrected chi connectivity index (χ0v) is 17.7. The fraction of sp³-hybridized carbons (Fsp3) is 0.346. The van der Waals surface area contributed by atoms with Crippen molar-refractivity contribution in [2.75, 3.05) is 13.2 Å². The number of ether oxygens (including phenoxy) is 2. The molecule has 0 unspecified atom stereocenters. The van der Waals surface area contributed by atoms with Crippen LogP contribution in [-0.2, 0) is 0 Å². The van der Waals surface area contributed by atoms with Gasteiger partial charge in [0.1, 0.15) is 12.7 Å². The summed E-state index contributed by atoms with van der Waals surface area (Å²) in [6.45, 7) is 3.37. The molecule has 0 radical (unpaired) electrons. The summed E-state index contributed by atoms with van der Waals surface area (Å²) in [5.41, 5.74) is 4.65. The number of fused-ring (bicyclic) bond motifs is 4. The highest BCUT2D eigenvalue weighted by atomic mass is 16.6. The van der Waals surface area contributed by atoms with Gasteiger partial charge in [0.2, 0.25) is 0 Å². The van der Waals surface area contributed by atoms with Crippen molar-refractivity contribution in [1.82, 2.24) is 15.3 Å². The number of nitrogens with one attached hydrogen (secondary N) is 2. The van der Waals surface area contributed by atoms with Gasteiger partial charge in [-0.05, 0) is 68.0 Å². The molecule has 158 valence electrons. The molecule has 3 heterocycles. The van der Waals surface area contributed by atoms with Crippen LogP contribution in [-0.4, -0.2) is 35.3 Å². The summed E-state index contributed by atoms with van der Waals surface area (Å²) in [6.07, 6.45) is 5.79. The molecule has 0 saturated heterocycles. The van der Waals surface area contributed by atoms with Crippen molar-refractivity contribution in [3.63, 3.8) is 0 Å². The number of pyridine rings is 1. The average molecular weight is 414 g/mol. The second-order valence-electron chi connectivity index (χ2n) is 8.87. The molecule has 31 heavy (non-hydrogen) atoms. The Kier molecular flexibility index (Phi) is 4.57. The number of hydrogen-bond acceptors (Lipinski definition) is 4. The minimum Gasteiger partial charge on any atom is -0.486 e. The number of nitrogens with zero attached hydrogens (tertiary/aromatic N) is 1. The summed E-state index contributed by atoms with van der Waals surface area (Å²) in [7, 11) is 0. The Morgan fingerprint density at radius 1 is 1.06 bits per heavy atom. The predicted molar refractivity (Wildman–Crippen MR) is 123 cm³/mol. The SMILES string of the molecule is Cc1ccc2c3c(ccc2n1)OC[C@H](CN[C@@H]1CC[C@@H](c2c[nH]c4ccccc24)C1)O3. The maximum atomic E-state index is 6.37. The fourth-order valence-corrected chi connectivity index (χ4v) is 5.16. The van der Waals surface area contributed by atoms with Crippen LogP contribution >= 0.6 is 0 Å². The van der Waals surface area contributed by atoms with E-state index in [1.807, 2.05) is 25.1 Å². The van der Waals surface area contributed by atoms with E-state index in [2.05, 4.69) is 51.8 Å². The highest BCUT2D eigenvalue weighted by molar-refractivity contribution is 5.88. The molecule has 1 aliphatic heterocycles. The molecule has 2 N–H and O–H groups in total. The predicted octanol–water partition coefficient (Wildman–Crippen LogP) is 5.09. The van der Waals surface area contributed by atoms with Crippen molar-refractivity contribution in [3.8, 4) is 11.5 Å². The number of aromatic nitrogens is 2. The zero-order chi connectivity index (χ0) is 20.8. The summed E-state index contributed by atoms with van der Waals surface area (Å²) < 4.78 is 12.4. The Morgan fingerprint density at radius 3 is 2.97 bits per heavy atom. The van der Waals surface area contributed by atoms with Crippen LogP contribution in [0.3, 0.4) is 0 Å². The van der Waals surface area contributed by atoms with Crippen LogP contribution in [0.25, 0.3) is 21.8 Å². The van der Waals surface area contributed by atoms with Gasteiger partial charge in [0.15, 0.2) is 11.5 Å². The van der Waals surface area contributed by atoms with Gasteiger partial charge in [-0.2, -0.15) is 0 Å². The number of hydrogen-bond donors (Lipinski definition) is 2. The van der Waals surface area contributed by atoms with Gasteiger partial charge < -0.3 is 19.8 Å². The molecule has 2 aromatic heterocycles. The van der Waals surface area contributed by atoms with Crippen LogP contribution < -0.4 is 14.8 Å². The van der Waals surface area contributed by atoms with Crippen molar-refractivity contribution in [3.05, 3.63) is 66.0 Å². The average Bonchev–Trinajstić information content (AvgIpc) is 3.44. The first-order valence-corrected chi connectivity index (χ1v) is 11.2. The summed E-state index contributed by atoms with van der Waals surface area (Å²) in [5, 5.41) is 6.14. The molecular weight excluding hydrogens is 386 g/mol. The molecule has 2 aliphatic rings. The Morgan fingerprint density at radius 2 is 2.00 bits per heavy atom. The van der Waals surface area contributed by atoms with Gasteiger partial charge in [-0.15, -0.1) is 0 Å². The zero-order valence-electron chi connectivity index (χ0n) is 17.7. The third-order valence-electron chi connectivity index (χ3n) is 6.76. The molecule has 0 amide bonds. The molecule has 0 bridgehead atoms. The van der Waals surface area contributed by atoms with Crippen molar-refractivity contribution in [1.29, 1.82) is 0 Å². The van der Waals surface area contributed by atoms with E-state index in [0.717, 1.165) is 41.1 Å². The molecule has 5 nitrogen and oxygen atoms in total.